The summed E-state index contributed by atoms with van der Waals surface area (Å²) >= 11 is 6.15. The van der Waals surface area contributed by atoms with E-state index in [1.54, 1.807) is 59.9 Å². The first-order chi connectivity index (χ1) is 12.9. The number of nitrogens with zero attached hydrogens (tertiary/aromatic N) is 4. The average molecular weight is 387 g/mol. The summed E-state index contributed by atoms with van der Waals surface area (Å²) in [6.45, 7) is 4.28. The van der Waals surface area contributed by atoms with Crippen molar-refractivity contribution in [1.29, 1.82) is 0 Å². The minimum absolute atomic E-state index is 0.151. The van der Waals surface area contributed by atoms with Crippen LogP contribution >= 0.6 is 11.6 Å². The molecule has 2 N–H and O–H groups in total. The van der Waals surface area contributed by atoms with E-state index in [9.17, 15) is 9.59 Å². The zero-order valence-electron chi connectivity index (χ0n) is 15.2. The molecule has 0 unspecified atom stereocenters. The number of halogens is 1. The molecule has 3 rings (SSSR count). The van der Waals surface area contributed by atoms with Crippen LogP contribution in [-0.2, 0) is 13.6 Å². The summed E-state index contributed by atoms with van der Waals surface area (Å²) in [5.74, 6) is -0.697. The maximum atomic E-state index is 12.4. The van der Waals surface area contributed by atoms with E-state index in [4.69, 9.17) is 11.6 Å². The van der Waals surface area contributed by atoms with Crippen LogP contribution in [0.5, 0.6) is 0 Å². The molecule has 2 aromatic heterocycles. The highest BCUT2D eigenvalue weighted by Crippen LogP contribution is 2.22. The largest absolute Gasteiger partial charge is 0.321 e. The number of benzene rings is 1. The van der Waals surface area contributed by atoms with Crippen LogP contribution in [0.1, 0.15) is 33.6 Å². The van der Waals surface area contributed by atoms with Gasteiger partial charge in [0, 0.05) is 31.2 Å². The van der Waals surface area contributed by atoms with Crippen LogP contribution in [0.3, 0.4) is 0 Å². The van der Waals surface area contributed by atoms with Crippen molar-refractivity contribution >= 4 is 34.8 Å². The van der Waals surface area contributed by atoms with Gasteiger partial charge in [-0.05, 0) is 38.1 Å². The zero-order chi connectivity index (χ0) is 19.6. The first kappa shape index (κ1) is 18.7. The van der Waals surface area contributed by atoms with E-state index in [-0.39, 0.29) is 11.6 Å². The Hall–Kier alpha value is -3.13. The summed E-state index contributed by atoms with van der Waals surface area (Å²) < 4.78 is 3.15. The number of aromatic nitrogens is 4. The topological polar surface area (TPSA) is 93.8 Å². The van der Waals surface area contributed by atoms with Crippen LogP contribution in [0.4, 0.5) is 11.4 Å². The van der Waals surface area contributed by atoms with Gasteiger partial charge in [0.1, 0.15) is 5.69 Å². The molecule has 0 aliphatic rings. The summed E-state index contributed by atoms with van der Waals surface area (Å²) in [6.07, 6.45) is 1.58. The highest BCUT2D eigenvalue weighted by Gasteiger charge is 2.18. The molecule has 0 aliphatic carbocycles. The van der Waals surface area contributed by atoms with E-state index >= 15 is 0 Å². The smallest absolute Gasteiger partial charge is 0.277 e. The standard InChI is InChI=1S/C18H19ClN6O2/c1-4-25-14(8-9-20-25)17(26)21-12-6-5-7-13(10-12)22-18(27)16-15(19)11(2)24(3)23-16/h5-10H,4H2,1-3H3,(H,21,26)(H,22,27). The fourth-order valence-electron chi connectivity index (χ4n) is 2.57. The molecule has 0 saturated carbocycles. The normalized spacial score (nSPS) is 10.7. The molecule has 9 heteroatoms. The average Bonchev–Trinajstić information content (AvgIpc) is 3.22. The van der Waals surface area contributed by atoms with Crippen molar-refractivity contribution < 1.29 is 9.59 Å². The molecule has 0 spiro atoms. The maximum absolute atomic E-state index is 12.4. The fourth-order valence-corrected chi connectivity index (χ4v) is 2.81. The van der Waals surface area contributed by atoms with Gasteiger partial charge in [0.15, 0.2) is 5.69 Å². The first-order valence-corrected chi connectivity index (χ1v) is 8.72. The number of rotatable bonds is 5. The van der Waals surface area contributed by atoms with Crippen molar-refractivity contribution in [1.82, 2.24) is 19.6 Å². The van der Waals surface area contributed by atoms with E-state index in [0.717, 1.165) is 0 Å². The van der Waals surface area contributed by atoms with Crippen molar-refractivity contribution in [2.75, 3.05) is 10.6 Å². The Morgan fingerprint density at radius 2 is 1.81 bits per heavy atom. The van der Waals surface area contributed by atoms with Crippen LogP contribution in [0.15, 0.2) is 36.5 Å². The van der Waals surface area contributed by atoms with Crippen LogP contribution in [0.2, 0.25) is 5.02 Å². The predicted octanol–water partition coefficient (Wildman–Crippen LogP) is 3.10. The molecule has 3 aromatic rings. The summed E-state index contributed by atoms with van der Waals surface area (Å²) in [6, 6.07) is 8.49. The molecule has 8 nitrogen and oxygen atoms in total. The SMILES string of the molecule is CCn1nccc1C(=O)Nc1cccc(NC(=O)c2nn(C)c(C)c2Cl)c1. The van der Waals surface area contributed by atoms with E-state index in [1.807, 2.05) is 6.92 Å². The Bertz CT molecular complexity index is 1010. The number of carbonyl (C=O) groups excluding carboxylic acids is 2. The Morgan fingerprint density at radius 3 is 2.41 bits per heavy atom. The van der Waals surface area contributed by atoms with Crippen molar-refractivity contribution in [2.45, 2.75) is 20.4 Å². The number of amides is 2. The predicted molar refractivity (Wildman–Crippen MR) is 103 cm³/mol. The third kappa shape index (κ3) is 3.85. The second kappa shape index (κ2) is 7.63. The minimum Gasteiger partial charge on any atom is -0.321 e. The van der Waals surface area contributed by atoms with Gasteiger partial charge in [0.05, 0.1) is 10.7 Å². The fraction of sp³-hybridized carbons (Fsp3) is 0.222. The Labute approximate surface area is 161 Å². The van der Waals surface area contributed by atoms with E-state index in [1.165, 1.54) is 0 Å². The van der Waals surface area contributed by atoms with Gasteiger partial charge in [0.25, 0.3) is 11.8 Å². The van der Waals surface area contributed by atoms with Gasteiger partial charge in [-0.25, -0.2) is 0 Å². The molecule has 0 aliphatic heterocycles. The molecule has 1 aromatic carbocycles. The monoisotopic (exact) mass is 386 g/mol. The summed E-state index contributed by atoms with van der Waals surface area (Å²) in [4.78, 5) is 24.8. The van der Waals surface area contributed by atoms with Gasteiger partial charge >= 0.3 is 0 Å². The van der Waals surface area contributed by atoms with E-state index in [2.05, 4.69) is 20.8 Å². The third-order valence-corrected chi connectivity index (χ3v) is 4.56. The maximum Gasteiger partial charge on any atom is 0.277 e. The molecule has 2 amide bonds. The molecular weight excluding hydrogens is 368 g/mol. The van der Waals surface area contributed by atoms with Gasteiger partial charge in [-0.15, -0.1) is 0 Å². The Balaban J connectivity index is 1.74. The lowest BCUT2D eigenvalue weighted by Crippen LogP contribution is -2.18. The highest BCUT2D eigenvalue weighted by atomic mass is 35.5. The van der Waals surface area contributed by atoms with Gasteiger partial charge in [-0.3, -0.25) is 19.0 Å². The van der Waals surface area contributed by atoms with Crippen LogP contribution in [0, 0.1) is 6.92 Å². The Morgan fingerprint density at radius 1 is 1.15 bits per heavy atom. The molecule has 140 valence electrons. The van der Waals surface area contributed by atoms with Crippen LogP contribution in [-0.4, -0.2) is 31.4 Å². The molecule has 0 atom stereocenters. The highest BCUT2D eigenvalue weighted by molar-refractivity contribution is 6.34. The lowest BCUT2D eigenvalue weighted by molar-refractivity contribution is 0.101. The number of nitrogens with one attached hydrogen (secondary N) is 2. The minimum atomic E-state index is -0.420. The second-order valence-corrected chi connectivity index (χ2v) is 6.27. The molecule has 27 heavy (non-hydrogen) atoms. The zero-order valence-corrected chi connectivity index (χ0v) is 15.9. The molecular formula is C18H19ClN6O2. The molecule has 0 bridgehead atoms. The van der Waals surface area contributed by atoms with Crippen molar-refractivity contribution in [3.63, 3.8) is 0 Å². The number of anilines is 2. The van der Waals surface area contributed by atoms with Crippen molar-refractivity contribution in [3.8, 4) is 0 Å². The van der Waals surface area contributed by atoms with Gasteiger partial charge in [0.2, 0.25) is 0 Å². The molecule has 0 saturated heterocycles. The van der Waals surface area contributed by atoms with Crippen molar-refractivity contribution in [2.24, 2.45) is 7.05 Å². The molecule has 0 radical (unpaired) electrons. The first-order valence-electron chi connectivity index (χ1n) is 8.34. The molecule has 2 heterocycles. The van der Waals surface area contributed by atoms with Crippen molar-refractivity contribution in [3.05, 3.63) is 58.6 Å². The molecule has 0 fully saturated rings. The number of aryl methyl sites for hydroxylation is 2. The number of hydrogen-bond donors (Lipinski definition) is 2. The lowest BCUT2D eigenvalue weighted by atomic mass is 10.2. The third-order valence-electron chi connectivity index (χ3n) is 4.10. The van der Waals surface area contributed by atoms with Crippen LogP contribution < -0.4 is 10.6 Å². The summed E-state index contributed by atoms with van der Waals surface area (Å²) in [5.41, 5.74) is 2.38. The van der Waals surface area contributed by atoms with E-state index in [0.29, 0.717) is 34.3 Å². The summed E-state index contributed by atoms with van der Waals surface area (Å²) in [7, 11) is 1.72. The van der Waals surface area contributed by atoms with Gasteiger partial charge in [-0.1, -0.05) is 17.7 Å². The van der Waals surface area contributed by atoms with Gasteiger partial charge < -0.3 is 10.6 Å². The lowest BCUT2D eigenvalue weighted by Gasteiger charge is -2.09. The Kier molecular flexibility index (Phi) is 5.27. The van der Waals surface area contributed by atoms with E-state index < -0.39 is 5.91 Å². The number of carbonyl (C=O) groups is 2. The summed E-state index contributed by atoms with van der Waals surface area (Å²) in [5, 5.41) is 14.1. The second-order valence-electron chi connectivity index (χ2n) is 5.89. The van der Waals surface area contributed by atoms with Crippen LogP contribution in [0.25, 0.3) is 0 Å². The quantitative estimate of drug-likeness (QED) is 0.704. The van der Waals surface area contributed by atoms with Gasteiger partial charge in [-0.2, -0.15) is 10.2 Å². The number of hydrogen-bond acceptors (Lipinski definition) is 4.